The molecule has 36 heavy (non-hydrogen) atoms. The number of aliphatic hydroxyl groups excluding tert-OH is 1. The van der Waals surface area contributed by atoms with E-state index >= 15 is 0 Å². The third kappa shape index (κ3) is 5.20. The van der Waals surface area contributed by atoms with E-state index in [1.54, 1.807) is 23.1 Å². The van der Waals surface area contributed by atoms with Gasteiger partial charge in [-0.1, -0.05) is 74.9 Å². The lowest BCUT2D eigenvalue weighted by Gasteiger charge is -2.25. The van der Waals surface area contributed by atoms with Crippen molar-refractivity contribution in [1.29, 1.82) is 0 Å². The van der Waals surface area contributed by atoms with E-state index in [1.165, 1.54) is 5.56 Å². The SMILES string of the molecule is CCCCN1C(=O)C(=O)/C(=C(\O)c2ccc(OCc3ccccc3)c(C)c2)C1c1ccc(CC)cc1. The molecule has 1 N–H and O–H groups in total. The van der Waals surface area contributed by atoms with E-state index in [0.29, 0.717) is 24.5 Å². The van der Waals surface area contributed by atoms with Crippen LogP contribution in [0.1, 0.15) is 60.5 Å². The molecule has 1 amide bonds. The molecule has 3 aromatic rings. The summed E-state index contributed by atoms with van der Waals surface area (Å²) in [4.78, 5) is 27.8. The summed E-state index contributed by atoms with van der Waals surface area (Å²) in [7, 11) is 0. The van der Waals surface area contributed by atoms with E-state index in [-0.39, 0.29) is 11.3 Å². The topological polar surface area (TPSA) is 66.8 Å². The van der Waals surface area contributed by atoms with E-state index in [4.69, 9.17) is 4.74 Å². The number of carbonyl (C=O) groups excluding carboxylic acids is 2. The van der Waals surface area contributed by atoms with Crippen LogP contribution in [0, 0.1) is 6.92 Å². The van der Waals surface area contributed by atoms with Crippen molar-refractivity contribution in [2.45, 2.75) is 52.7 Å². The number of likely N-dealkylation sites (tertiary alicyclic amines) is 1. The molecule has 1 atom stereocenters. The van der Waals surface area contributed by atoms with Crippen molar-refractivity contribution in [3.05, 3.63) is 106 Å². The number of carbonyl (C=O) groups is 2. The van der Waals surface area contributed by atoms with Crippen molar-refractivity contribution in [2.24, 2.45) is 0 Å². The van der Waals surface area contributed by atoms with Gasteiger partial charge in [0.05, 0.1) is 11.6 Å². The molecule has 0 spiro atoms. The first-order valence-corrected chi connectivity index (χ1v) is 12.6. The second kappa shape index (κ2) is 11.3. The number of ketones is 1. The van der Waals surface area contributed by atoms with Crippen molar-refractivity contribution >= 4 is 17.4 Å². The van der Waals surface area contributed by atoms with E-state index in [2.05, 4.69) is 6.92 Å². The van der Waals surface area contributed by atoms with E-state index < -0.39 is 17.7 Å². The summed E-state index contributed by atoms with van der Waals surface area (Å²) in [5, 5.41) is 11.3. The van der Waals surface area contributed by atoms with Gasteiger partial charge in [0.25, 0.3) is 11.7 Å². The molecule has 5 nitrogen and oxygen atoms in total. The summed E-state index contributed by atoms with van der Waals surface area (Å²) in [5.74, 6) is -0.663. The second-order valence-corrected chi connectivity index (χ2v) is 9.20. The molecule has 3 aromatic carbocycles. The minimum Gasteiger partial charge on any atom is -0.507 e. The molecule has 1 saturated heterocycles. The number of amides is 1. The van der Waals surface area contributed by atoms with Gasteiger partial charge in [0, 0.05) is 12.1 Å². The van der Waals surface area contributed by atoms with Crippen LogP contribution >= 0.6 is 0 Å². The maximum atomic E-state index is 13.2. The number of Topliss-reactive ketones (excluding diaryl/α,β-unsaturated/α-hetero) is 1. The summed E-state index contributed by atoms with van der Waals surface area (Å²) in [6, 6.07) is 22.5. The molecule has 0 aromatic heterocycles. The lowest BCUT2D eigenvalue weighted by atomic mass is 9.94. The van der Waals surface area contributed by atoms with Crippen LogP contribution in [-0.4, -0.2) is 28.2 Å². The maximum absolute atomic E-state index is 13.2. The summed E-state index contributed by atoms with van der Waals surface area (Å²) in [6.45, 7) is 6.92. The van der Waals surface area contributed by atoms with E-state index in [1.807, 2.05) is 68.4 Å². The zero-order valence-corrected chi connectivity index (χ0v) is 21.2. The molecular formula is C31H33NO4. The number of nitrogens with zero attached hydrogens (tertiary/aromatic N) is 1. The quantitative estimate of drug-likeness (QED) is 0.219. The van der Waals surface area contributed by atoms with Gasteiger partial charge in [0.1, 0.15) is 18.1 Å². The lowest BCUT2D eigenvalue weighted by molar-refractivity contribution is -0.139. The molecule has 186 valence electrons. The number of aryl methyl sites for hydroxylation is 2. The van der Waals surface area contributed by atoms with Crippen LogP contribution in [0.2, 0.25) is 0 Å². The van der Waals surface area contributed by atoms with Gasteiger partial charge in [0.15, 0.2) is 0 Å². The average molecular weight is 484 g/mol. The molecule has 0 radical (unpaired) electrons. The summed E-state index contributed by atoms with van der Waals surface area (Å²) in [5.41, 5.74) is 4.51. The van der Waals surface area contributed by atoms with Crippen LogP contribution in [-0.2, 0) is 22.6 Å². The van der Waals surface area contributed by atoms with Crippen LogP contribution in [0.25, 0.3) is 5.76 Å². The highest BCUT2D eigenvalue weighted by molar-refractivity contribution is 6.46. The first-order chi connectivity index (χ1) is 17.4. The number of unbranched alkanes of at least 4 members (excludes halogenated alkanes) is 1. The summed E-state index contributed by atoms with van der Waals surface area (Å²) >= 11 is 0. The molecule has 1 heterocycles. The number of hydrogen-bond donors (Lipinski definition) is 1. The number of aliphatic hydroxyl groups is 1. The summed E-state index contributed by atoms with van der Waals surface area (Å²) in [6.07, 6.45) is 2.57. The highest BCUT2D eigenvalue weighted by Crippen LogP contribution is 2.40. The lowest BCUT2D eigenvalue weighted by Crippen LogP contribution is -2.30. The number of hydrogen-bond acceptors (Lipinski definition) is 4. The van der Waals surface area contributed by atoms with E-state index in [9.17, 15) is 14.7 Å². The predicted molar refractivity (Wildman–Crippen MR) is 142 cm³/mol. The second-order valence-electron chi connectivity index (χ2n) is 9.20. The molecule has 1 unspecified atom stereocenters. The maximum Gasteiger partial charge on any atom is 0.295 e. The fraction of sp³-hybridized carbons (Fsp3) is 0.290. The third-order valence-electron chi connectivity index (χ3n) is 6.68. The van der Waals surface area contributed by atoms with Gasteiger partial charge in [-0.2, -0.15) is 0 Å². The minimum absolute atomic E-state index is 0.137. The highest BCUT2D eigenvalue weighted by atomic mass is 16.5. The van der Waals surface area contributed by atoms with Crippen molar-refractivity contribution in [3.8, 4) is 5.75 Å². The molecule has 1 aliphatic rings. The van der Waals surface area contributed by atoms with Crippen LogP contribution in [0.3, 0.4) is 0 Å². The Morgan fingerprint density at radius 3 is 2.31 bits per heavy atom. The molecule has 0 saturated carbocycles. The van der Waals surface area contributed by atoms with Gasteiger partial charge in [-0.25, -0.2) is 0 Å². The Balaban J connectivity index is 1.69. The Labute approximate surface area is 213 Å². The molecule has 1 aliphatic heterocycles. The fourth-order valence-electron chi connectivity index (χ4n) is 4.57. The van der Waals surface area contributed by atoms with Crippen molar-refractivity contribution in [3.63, 3.8) is 0 Å². The molecule has 0 bridgehead atoms. The fourth-order valence-corrected chi connectivity index (χ4v) is 4.57. The Bertz CT molecular complexity index is 1260. The molecule has 0 aliphatic carbocycles. The zero-order chi connectivity index (χ0) is 25.7. The Morgan fingerprint density at radius 2 is 1.67 bits per heavy atom. The minimum atomic E-state index is -0.643. The molecule has 1 fully saturated rings. The predicted octanol–water partition coefficient (Wildman–Crippen LogP) is 6.36. The average Bonchev–Trinajstić information content (AvgIpc) is 3.16. The van der Waals surface area contributed by atoms with Crippen molar-refractivity contribution < 1.29 is 19.4 Å². The normalized spacial score (nSPS) is 17.0. The monoisotopic (exact) mass is 483 g/mol. The number of benzene rings is 3. The first kappa shape index (κ1) is 25.2. The highest BCUT2D eigenvalue weighted by Gasteiger charge is 2.45. The van der Waals surface area contributed by atoms with Gasteiger partial charge in [-0.3, -0.25) is 9.59 Å². The smallest absolute Gasteiger partial charge is 0.295 e. The van der Waals surface area contributed by atoms with E-state index in [0.717, 1.165) is 36.0 Å². The number of rotatable bonds is 9. The van der Waals surface area contributed by atoms with Crippen LogP contribution in [0.15, 0.2) is 78.4 Å². The van der Waals surface area contributed by atoms with Gasteiger partial charge < -0.3 is 14.7 Å². The van der Waals surface area contributed by atoms with Crippen molar-refractivity contribution in [2.75, 3.05) is 6.54 Å². The van der Waals surface area contributed by atoms with Gasteiger partial charge in [-0.15, -0.1) is 0 Å². The van der Waals surface area contributed by atoms with Crippen LogP contribution in [0.4, 0.5) is 0 Å². The molecule has 4 rings (SSSR count). The van der Waals surface area contributed by atoms with Crippen molar-refractivity contribution in [1.82, 2.24) is 4.90 Å². The number of ether oxygens (including phenoxy) is 1. The Morgan fingerprint density at radius 1 is 0.944 bits per heavy atom. The molecule has 5 heteroatoms. The largest absolute Gasteiger partial charge is 0.507 e. The van der Waals surface area contributed by atoms with Crippen LogP contribution in [0.5, 0.6) is 5.75 Å². The third-order valence-corrected chi connectivity index (χ3v) is 6.68. The van der Waals surface area contributed by atoms with Crippen LogP contribution < -0.4 is 4.74 Å². The molecular weight excluding hydrogens is 450 g/mol. The summed E-state index contributed by atoms with van der Waals surface area (Å²) < 4.78 is 5.97. The zero-order valence-electron chi connectivity index (χ0n) is 21.2. The standard InChI is InChI=1S/C31H33NO4/c1-4-6-18-32-28(24-14-12-22(5-2)13-15-24)27(30(34)31(32)35)29(33)25-16-17-26(21(3)19-25)36-20-23-10-8-7-9-11-23/h7-17,19,28,33H,4-6,18,20H2,1-3H3/b29-27-. The van der Waals surface area contributed by atoms with Gasteiger partial charge in [0.2, 0.25) is 0 Å². The van der Waals surface area contributed by atoms with Gasteiger partial charge >= 0.3 is 0 Å². The first-order valence-electron chi connectivity index (χ1n) is 12.6. The Hall–Kier alpha value is -3.86. The van der Waals surface area contributed by atoms with Gasteiger partial charge in [-0.05, 0) is 60.2 Å². The Kier molecular flexibility index (Phi) is 7.89.